The first-order valence-electron chi connectivity index (χ1n) is 6.16. The molecule has 1 aromatic carbocycles. The molecule has 6 heteroatoms. The number of anilines is 1. The van der Waals surface area contributed by atoms with Crippen molar-refractivity contribution in [3.8, 4) is 0 Å². The SMILES string of the molecule is CSCCCC(=O)Nc1ccc2oc(C(=O)O)cc2c1. The van der Waals surface area contributed by atoms with Crippen LogP contribution in [0.1, 0.15) is 23.4 Å². The summed E-state index contributed by atoms with van der Waals surface area (Å²) in [5, 5.41) is 12.3. The summed E-state index contributed by atoms with van der Waals surface area (Å²) < 4.78 is 5.15. The van der Waals surface area contributed by atoms with E-state index in [1.165, 1.54) is 6.07 Å². The Bertz CT molecular complexity index is 635. The van der Waals surface area contributed by atoms with Gasteiger partial charge in [-0.3, -0.25) is 4.79 Å². The second-order valence-corrected chi connectivity index (χ2v) is 5.30. The third-order valence-corrected chi connectivity index (χ3v) is 3.46. The van der Waals surface area contributed by atoms with Crippen LogP contribution in [0.25, 0.3) is 11.0 Å². The van der Waals surface area contributed by atoms with Crippen molar-refractivity contribution in [2.24, 2.45) is 0 Å². The molecule has 20 heavy (non-hydrogen) atoms. The molecule has 0 saturated carbocycles. The lowest BCUT2D eigenvalue weighted by molar-refractivity contribution is -0.116. The van der Waals surface area contributed by atoms with E-state index in [-0.39, 0.29) is 11.7 Å². The predicted octanol–water partition coefficient (Wildman–Crippen LogP) is 3.21. The standard InChI is InChI=1S/C14H15NO4S/c1-20-6-2-3-13(16)15-10-4-5-11-9(7-10)8-12(19-11)14(17)18/h4-5,7-8H,2-3,6H2,1H3,(H,15,16)(H,17,18). The van der Waals surface area contributed by atoms with Gasteiger partial charge in [-0.1, -0.05) is 0 Å². The molecule has 2 aromatic rings. The summed E-state index contributed by atoms with van der Waals surface area (Å²) in [7, 11) is 0. The summed E-state index contributed by atoms with van der Waals surface area (Å²) in [6, 6.07) is 6.50. The van der Waals surface area contributed by atoms with Crippen LogP contribution >= 0.6 is 11.8 Å². The maximum atomic E-state index is 11.7. The van der Waals surface area contributed by atoms with Crippen LogP contribution in [-0.4, -0.2) is 29.0 Å². The number of carbonyl (C=O) groups is 2. The Labute approximate surface area is 120 Å². The van der Waals surface area contributed by atoms with Crippen molar-refractivity contribution in [2.45, 2.75) is 12.8 Å². The van der Waals surface area contributed by atoms with Crippen LogP contribution in [0.15, 0.2) is 28.7 Å². The van der Waals surface area contributed by atoms with Gasteiger partial charge in [-0.15, -0.1) is 0 Å². The minimum Gasteiger partial charge on any atom is -0.475 e. The highest BCUT2D eigenvalue weighted by Crippen LogP contribution is 2.23. The summed E-state index contributed by atoms with van der Waals surface area (Å²) in [6.07, 6.45) is 3.32. The number of carbonyl (C=O) groups excluding carboxylic acids is 1. The van der Waals surface area contributed by atoms with Crippen LogP contribution in [0.4, 0.5) is 5.69 Å². The summed E-state index contributed by atoms with van der Waals surface area (Å²) in [6.45, 7) is 0. The quantitative estimate of drug-likeness (QED) is 0.799. The average molecular weight is 293 g/mol. The molecule has 0 atom stereocenters. The number of nitrogens with one attached hydrogen (secondary N) is 1. The van der Waals surface area contributed by atoms with E-state index >= 15 is 0 Å². The number of amides is 1. The zero-order valence-electron chi connectivity index (χ0n) is 11.0. The van der Waals surface area contributed by atoms with E-state index in [1.807, 2.05) is 6.26 Å². The van der Waals surface area contributed by atoms with Gasteiger partial charge >= 0.3 is 5.97 Å². The molecule has 0 saturated heterocycles. The number of fused-ring (bicyclic) bond motifs is 1. The van der Waals surface area contributed by atoms with E-state index in [0.29, 0.717) is 23.1 Å². The number of benzene rings is 1. The zero-order chi connectivity index (χ0) is 14.5. The van der Waals surface area contributed by atoms with E-state index in [1.54, 1.807) is 30.0 Å². The average Bonchev–Trinajstić information content (AvgIpc) is 2.82. The van der Waals surface area contributed by atoms with Crippen molar-refractivity contribution < 1.29 is 19.1 Å². The van der Waals surface area contributed by atoms with Crippen molar-refractivity contribution in [1.29, 1.82) is 0 Å². The molecule has 1 aromatic heterocycles. The van der Waals surface area contributed by atoms with Crippen molar-refractivity contribution >= 4 is 40.3 Å². The van der Waals surface area contributed by atoms with Gasteiger partial charge in [-0.2, -0.15) is 11.8 Å². The predicted molar refractivity (Wildman–Crippen MR) is 79.4 cm³/mol. The Morgan fingerprint density at radius 2 is 2.15 bits per heavy atom. The molecule has 0 aliphatic carbocycles. The van der Waals surface area contributed by atoms with E-state index in [2.05, 4.69) is 5.32 Å². The van der Waals surface area contributed by atoms with E-state index in [0.717, 1.165) is 12.2 Å². The number of furan rings is 1. The van der Waals surface area contributed by atoms with Crippen molar-refractivity contribution in [3.63, 3.8) is 0 Å². The van der Waals surface area contributed by atoms with Crippen LogP contribution in [0.2, 0.25) is 0 Å². The molecule has 106 valence electrons. The largest absolute Gasteiger partial charge is 0.475 e. The van der Waals surface area contributed by atoms with Gasteiger partial charge in [0.2, 0.25) is 11.7 Å². The Morgan fingerprint density at radius 1 is 1.35 bits per heavy atom. The van der Waals surface area contributed by atoms with Crippen LogP contribution < -0.4 is 5.32 Å². The summed E-state index contributed by atoms with van der Waals surface area (Å²) in [4.78, 5) is 22.5. The van der Waals surface area contributed by atoms with Gasteiger partial charge in [0.1, 0.15) is 5.58 Å². The number of rotatable bonds is 6. The first-order chi connectivity index (χ1) is 9.60. The molecule has 0 aliphatic heterocycles. The molecule has 0 aliphatic rings. The second kappa shape index (κ2) is 6.47. The number of aromatic carboxylic acids is 1. The molecule has 1 amide bonds. The maximum absolute atomic E-state index is 11.7. The fraction of sp³-hybridized carbons (Fsp3) is 0.286. The highest BCUT2D eigenvalue weighted by atomic mass is 32.2. The number of carboxylic acids is 1. The zero-order valence-corrected chi connectivity index (χ0v) is 11.8. The minimum absolute atomic E-state index is 0.0413. The summed E-state index contributed by atoms with van der Waals surface area (Å²) in [5.41, 5.74) is 1.13. The van der Waals surface area contributed by atoms with Crippen LogP contribution in [0, 0.1) is 0 Å². The molecule has 0 bridgehead atoms. The van der Waals surface area contributed by atoms with Gasteiger partial charge < -0.3 is 14.8 Å². The van der Waals surface area contributed by atoms with Crippen molar-refractivity contribution in [3.05, 3.63) is 30.0 Å². The highest BCUT2D eigenvalue weighted by Gasteiger charge is 2.11. The van der Waals surface area contributed by atoms with Gasteiger partial charge in [-0.05, 0) is 42.7 Å². The maximum Gasteiger partial charge on any atom is 0.371 e. The van der Waals surface area contributed by atoms with E-state index in [9.17, 15) is 9.59 Å². The van der Waals surface area contributed by atoms with Gasteiger partial charge in [0.05, 0.1) is 0 Å². The molecule has 2 rings (SSSR count). The topological polar surface area (TPSA) is 79.5 Å². The number of hydrogen-bond acceptors (Lipinski definition) is 4. The third kappa shape index (κ3) is 3.54. The molecule has 0 spiro atoms. The smallest absolute Gasteiger partial charge is 0.371 e. The summed E-state index contributed by atoms with van der Waals surface area (Å²) >= 11 is 1.71. The Morgan fingerprint density at radius 3 is 2.85 bits per heavy atom. The number of thioether (sulfide) groups is 1. The fourth-order valence-corrected chi connectivity index (χ4v) is 2.26. The second-order valence-electron chi connectivity index (χ2n) is 4.31. The Hall–Kier alpha value is -1.95. The molecule has 1 heterocycles. The van der Waals surface area contributed by atoms with Gasteiger partial charge in [-0.25, -0.2) is 4.79 Å². The molecule has 0 unspecified atom stereocenters. The monoisotopic (exact) mass is 293 g/mol. The molecule has 2 N–H and O–H groups in total. The highest BCUT2D eigenvalue weighted by molar-refractivity contribution is 7.98. The van der Waals surface area contributed by atoms with Crippen molar-refractivity contribution in [1.82, 2.24) is 0 Å². The van der Waals surface area contributed by atoms with Crippen molar-refractivity contribution in [2.75, 3.05) is 17.3 Å². The molecular weight excluding hydrogens is 278 g/mol. The first kappa shape index (κ1) is 14.5. The molecule has 0 radical (unpaired) electrons. The Balaban J connectivity index is 2.07. The third-order valence-electron chi connectivity index (χ3n) is 2.76. The van der Waals surface area contributed by atoms with E-state index < -0.39 is 5.97 Å². The van der Waals surface area contributed by atoms with E-state index in [4.69, 9.17) is 9.52 Å². The first-order valence-corrected chi connectivity index (χ1v) is 7.55. The normalized spacial score (nSPS) is 10.7. The molecular formula is C14H15NO4S. The van der Waals surface area contributed by atoms with Gasteiger partial charge in [0.25, 0.3) is 0 Å². The van der Waals surface area contributed by atoms with Crippen LogP contribution in [0.5, 0.6) is 0 Å². The lowest BCUT2D eigenvalue weighted by atomic mass is 10.2. The van der Waals surface area contributed by atoms with Gasteiger partial charge in [0, 0.05) is 17.5 Å². The Kier molecular flexibility index (Phi) is 4.68. The molecule has 0 fully saturated rings. The summed E-state index contributed by atoms with van der Waals surface area (Å²) in [5.74, 6) is -0.302. The van der Waals surface area contributed by atoms with Crippen LogP contribution in [0.3, 0.4) is 0 Å². The number of carboxylic acid groups (broad SMARTS) is 1. The van der Waals surface area contributed by atoms with Crippen LogP contribution in [-0.2, 0) is 4.79 Å². The lowest BCUT2D eigenvalue weighted by Crippen LogP contribution is -2.11. The van der Waals surface area contributed by atoms with Gasteiger partial charge in [0.15, 0.2) is 0 Å². The number of hydrogen-bond donors (Lipinski definition) is 2. The lowest BCUT2D eigenvalue weighted by Gasteiger charge is -2.04. The minimum atomic E-state index is -1.11. The molecule has 5 nitrogen and oxygen atoms in total. The fourth-order valence-electron chi connectivity index (χ4n) is 1.83.